The monoisotopic (exact) mass is 498 g/mol. The van der Waals surface area contributed by atoms with E-state index in [4.69, 9.17) is 4.42 Å². The number of anilines is 1. The van der Waals surface area contributed by atoms with Gasteiger partial charge >= 0.3 is 170 Å². The van der Waals surface area contributed by atoms with Crippen molar-refractivity contribution in [2.75, 3.05) is 4.90 Å². The summed E-state index contributed by atoms with van der Waals surface area (Å²) in [6.45, 7) is 12.4. The van der Waals surface area contributed by atoms with Crippen molar-refractivity contribution >= 4 is 51.1 Å². The maximum atomic E-state index is 11.6. The summed E-state index contributed by atoms with van der Waals surface area (Å²) in [4.78, 5) is 34.4. The number of carbonyl (C=O) groups is 2. The SMILES string of the molecule is CC(C)(C)c1cnc(N(C(=O)O)C(=O)O)c2o[c]([Sn]([CH3])([CH3])[CH3])c(C(C)(C)C)c12. The fraction of sp³-hybridized carbons (Fsp3) is 0.550. The molecule has 154 valence electrons. The zero-order valence-electron chi connectivity index (χ0n) is 18.1. The summed E-state index contributed by atoms with van der Waals surface area (Å²) >= 11 is -2.79. The van der Waals surface area contributed by atoms with Crippen molar-refractivity contribution < 1.29 is 24.2 Å². The molecular weight excluding hydrogens is 467 g/mol. The molecule has 0 saturated carbocycles. The van der Waals surface area contributed by atoms with Gasteiger partial charge in [-0.15, -0.1) is 0 Å². The average molecular weight is 497 g/mol. The predicted molar refractivity (Wildman–Crippen MR) is 113 cm³/mol. The first kappa shape index (κ1) is 22.5. The molecule has 2 rings (SSSR count). The molecule has 8 heteroatoms. The number of fused-ring (bicyclic) bond motifs is 1. The van der Waals surface area contributed by atoms with E-state index in [2.05, 4.69) is 61.3 Å². The molecule has 28 heavy (non-hydrogen) atoms. The molecular formula is C20H30N2O5Sn. The second-order valence-electron chi connectivity index (χ2n) is 10.2. The van der Waals surface area contributed by atoms with Crippen LogP contribution in [-0.2, 0) is 10.8 Å². The summed E-state index contributed by atoms with van der Waals surface area (Å²) in [7, 11) is 0. The van der Waals surface area contributed by atoms with Crippen LogP contribution >= 0.6 is 0 Å². The van der Waals surface area contributed by atoms with Crippen molar-refractivity contribution in [1.29, 1.82) is 0 Å². The van der Waals surface area contributed by atoms with Gasteiger partial charge in [0.25, 0.3) is 0 Å². The van der Waals surface area contributed by atoms with E-state index < -0.39 is 30.6 Å². The van der Waals surface area contributed by atoms with Crippen LogP contribution in [-0.4, -0.2) is 45.8 Å². The van der Waals surface area contributed by atoms with Gasteiger partial charge in [0, 0.05) is 0 Å². The number of carboxylic acid groups (broad SMARTS) is 2. The molecule has 0 aliphatic rings. The third-order valence-corrected chi connectivity index (χ3v) is 9.42. The molecule has 2 aromatic rings. The third kappa shape index (κ3) is 3.99. The van der Waals surface area contributed by atoms with Gasteiger partial charge in [-0.2, -0.15) is 0 Å². The minimum absolute atomic E-state index is 0.199. The Morgan fingerprint density at radius 3 is 1.86 bits per heavy atom. The van der Waals surface area contributed by atoms with Crippen molar-refractivity contribution in [2.45, 2.75) is 67.2 Å². The Morgan fingerprint density at radius 2 is 1.50 bits per heavy atom. The fourth-order valence-corrected chi connectivity index (χ4v) is 8.06. The molecule has 7 nitrogen and oxygen atoms in total. The zero-order chi connectivity index (χ0) is 21.8. The molecule has 0 aliphatic carbocycles. The minimum atomic E-state index is -2.79. The summed E-state index contributed by atoms with van der Waals surface area (Å²) in [5.41, 5.74) is 1.65. The van der Waals surface area contributed by atoms with Gasteiger partial charge in [-0.1, -0.05) is 0 Å². The molecule has 2 N–H and O–H groups in total. The maximum absolute atomic E-state index is 11.6. The van der Waals surface area contributed by atoms with E-state index in [1.807, 2.05) is 0 Å². The first-order valence-electron chi connectivity index (χ1n) is 9.21. The Labute approximate surface area is 169 Å². The van der Waals surface area contributed by atoms with Gasteiger partial charge in [-0.05, 0) is 0 Å². The average Bonchev–Trinajstić information content (AvgIpc) is 2.85. The number of nitrogens with zero attached hydrogens (tertiary/aromatic N) is 2. The molecule has 0 radical (unpaired) electrons. The van der Waals surface area contributed by atoms with E-state index >= 15 is 0 Å². The van der Waals surface area contributed by atoms with E-state index in [0.29, 0.717) is 0 Å². The zero-order valence-corrected chi connectivity index (χ0v) is 20.9. The summed E-state index contributed by atoms with van der Waals surface area (Å²) in [5, 5.41) is 19.7. The van der Waals surface area contributed by atoms with Crippen LogP contribution in [0.4, 0.5) is 15.4 Å². The first-order chi connectivity index (χ1) is 12.5. The normalized spacial score (nSPS) is 13.0. The van der Waals surface area contributed by atoms with Gasteiger partial charge in [0.1, 0.15) is 0 Å². The van der Waals surface area contributed by atoms with Crippen LogP contribution in [0.3, 0.4) is 0 Å². The third-order valence-electron chi connectivity index (χ3n) is 4.53. The van der Waals surface area contributed by atoms with Crippen molar-refractivity contribution in [3.63, 3.8) is 0 Å². The van der Waals surface area contributed by atoms with Crippen molar-refractivity contribution in [3.05, 3.63) is 17.3 Å². The van der Waals surface area contributed by atoms with Crippen LogP contribution < -0.4 is 8.68 Å². The van der Waals surface area contributed by atoms with Gasteiger partial charge in [0.15, 0.2) is 0 Å². The number of hydrogen-bond donors (Lipinski definition) is 2. The fourth-order valence-electron chi connectivity index (χ4n) is 3.33. The molecule has 0 aliphatic heterocycles. The predicted octanol–water partition coefficient (Wildman–Crippen LogP) is 5.13. The molecule has 2 aromatic heterocycles. The number of hydrogen-bond acceptors (Lipinski definition) is 4. The summed E-state index contributed by atoms with van der Waals surface area (Å²) < 4.78 is 7.21. The Kier molecular flexibility index (Phi) is 5.57. The summed E-state index contributed by atoms with van der Waals surface area (Å²) in [6, 6.07) is 0. The molecule has 0 atom stereocenters. The Balaban J connectivity index is 3.15. The molecule has 0 unspecified atom stereocenters. The van der Waals surface area contributed by atoms with Crippen LogP contribution in [0.25, 0.3) is 11.0 Å². The number of imide groups is 1. The van der Waals surface area contributed by atoms with Gasteiger partial charge in [-0.25, -0.2) is 0 Å². The Hall–Kier alpha value is -1.77. The Morgan fingerprint density at radius 1 is 1.00 bits per heavy atom. The van der Waals surface area contributed by atoms with E-state index in [1.54, 1.807) is 6.20 Å². The quantitative estimate of drug-likeness (QED) is 0.558. The van der Waals surface area contributed by atoms with E-state index in [0.717, 1.165) is 20.3 Å². The van der Waals surface area contributed by atoms with Crippen LogP contribution in [0, 0.1) is 0 Å². The second-order valence-corrected chi connectivity index (χ2v) is 24.3. The van der Waals surface area contributed by atoms with E-state index in [1.165, 1.54) is 0 Å². The van der Waals surface area contributed by atoms with Gasteiger partial charge in [-0.3, -0.25) is 0 Å². The van der Waals surface area contributed by atoms with Crippen LogP contribution in [0.2, 0.25) is 14.8 Å². The summed E-state index contributed by atoms with van der Waals surface area (Å²) in [5.74, 6) is -0.199. The Bertz CT molecular complexity index is 929. The number of rotatable bonds is 2. The van der Waals surface area contributed by atoms with Gasteiger partial charge in [0.2, 0.25) is 0 Å². The van der Waals surface area contributed by atoms with E-state index in [9.17, 15) is 19.8 Å². The van der Waals surface area contributed by atoms with Crippen molar-refractivity contribution in [1.82, 2.24) is 4.98 Å². The van der Waals surface area contributed by atoms with Gasteiger partial charge in [0.05, 0.1) is 0 Å². The number of aromatic nitrogens is 1. The van der Waals surface area contributed by atoms with E-state index in [-0.39, 0.29) is 27.1 Å². The first-order valence-corrected chi connectivity index (χ1v) is 19.2. The number of furan rings is 1. The van der Waals surface area contributed by atoms with Crippen LogP contribution in [0.5, 0.6) is 0 Å². The van der Waals surface area contributed by atoms with Crippen molar-refractivity contribution in [3.8, 4) is 0 Å². The topological polar surface area (TPSA) is 104 Å². The number of pyridine rings is 1. The molecule has 0 aromatic carbocycles. The molecule has 0 saturated heterocycles. The molecule has 2 heterocycles. The standard InChI is InChI=1S/C17H21N2O5.3CH3.Sn/c1-16(2,3)9-7-18-13(19(14(20)21)15(22)23)12-11(9)10(8-24-12)17(4,5)6;;;;/h7H,1-6H3,(H,20,21)(H,22,23);3*1H3;. The summed E-state index contributed by atoms with van der Waals surface area (Å²) in [6.07, 6.45) is -1.64. The second kappa shape index (κ2) is 6.93. The van der Waals surface area contributed by atoms with Crippen molar-refractivity contribution in [2.24, 2.45) is 0 Å². The van der Waals surface area contributed by atoms with Gasteiger partial charge < -0.3 is 0 Å². The molecule has 2 amide bonds. The van der Waals surface area contributed by atoms with Crippen LogP contribution in [0.1, 0.15) is 52.7 Å². The molecule has 0 spiro atoms. The molecule has 0 fully saturated rings. The van der Waals surface area contributed by atoms with Crippen LogP contribution in [0.15, 0.2) is 10.6 Å². The number of amides is 2. The molecule has 0 bridgehead atoms.